The predicted molar refractivity (Wildman–Crippen MR) is 109 cm³/mol. The summed E-state index contributed by atoms with van der Waals surface area (Å²) in [7, 11) is 0. The summed E-state index contributed by atoms with van der Waals surface area (Å²) in [4.78, 5) is 11.3. The molecule has 2 aromatic carbocycles. The van der Waals surface area contributed by atoms with E-state index in [2.05, 4.69) is 15.3 Å². The molecule has 28 heavy (non-hydrogen) atoms. The van der Waals surface area contributed by atoms with Crippen molar-refractivity contribution in [2.24, 2.45) is 5.10 Å². The van der Waals surface area contributed by atoms with Crippen LogP contribution in [-0.2, 0) is 9.53 Å². The minimum absolute atomic E-state index is 0.120. The van der Waals surface area contributed by atoms with E-state index in [1.54, 1.807) is 29.9 Å². The Morgan fingerprint density at radius 3 is 2.61 bits per heavy atom. The van der Waals surface area contributed by atoms with Gasteiger partial charge < -0.3 is 9.47 Å². The number of esters is 1. The van der Waals surface area contributed by atoms with Crippen molar-refractivity contribution in [1.82, 2.24) is 14.9 Å². The number of ether oxygens (including phenoxy) is 2. The van der Waals surface area contributed by atoms with Gasteiger partial charge in [0.25, 0.3) is 0 Å². The smallest absolute Gasteiger partial charge is 0.344 e. The molecule has 0 aliphatic rings. The molecule has 0 fully saturated rings. The molecule has 1 aromatic heterocycles. The maximum absolute atomic E-state index is 11.3. The Morgan fingerprint density at radius 2 is 1.93 bits per heavy atom. The number of aromatic nitrogens is 3. The number of benzene rings is 2. The number of carbonyl (C=O) groups excluding carboxylic acids is 1. The molecule has 1 N–H and O–H groups in total. The highest BCUT2D eigenvalue weighted by atomic mass is 32.1. The van der Waals surface area contributed by atoms with Gasteiger partial charge in [-0.1, -0.05) is 29.8 Å². The average Bonchev–Trinajstić information content (AvgIpc) is 3.07. The summed E-state index contributed by atoms with van der Waals surface area (Å²) in [6.07, 6.45) is 1.68. The van der Waals surface area contributed by atoms with Crippen molar-refractivity contribution < 1.29 is 14.3 Å². The first kappa shape index (κ1) is 19.5. The number of hydrogen-bond donors (Lipinski definition) is 1. The van der Waals surface area contributed by atoms with Crippen LogP contribution < -0.4 is 4.74 Å². The second kappa shape index (κ2) is 9.09. The monoisotopic (exact) mass is 396 g/mol. The summed E-state index contributed by atoms with van der Waals surface area (Å²) in [5.41, 5.74) is 2.93. The van der Waals surface area contributed by atoms with Crippen molar-refractivity contribution >= 4 is 24.4 Å². The van der Waals surface area contributed by atoms with Crippen LogP contribution >= 0.6 is 12.2 Å². The quantitative estimate of drug-likeness (QED) is 0.374. The summed E-state index contributed by atoms with van der Waals surface area (Å²) >= 11 is 5.28. The Labute approximate surface area is 167 Å². The standard InChI is InChI=1S/C20H20N4O3S/c1-3-26-18(25)13-27-17-10-6-15(7-11-17)12-21-24-19(22-23-20(24)28)16-8-4-14(2)5-9-16/h4-12H,3,13H2,1-2H3,(H,23,28)/b21-12-. The fraction of sp³-hybridized carbons (Fsp3) is 0.200. The van der Waals surface area contributed by atoms with E-state index >= 15 is 0 Å². The maximum atomic E-state index is 11.3. The van der Waals surface area contributed by atoms with Gasteiger partial charge in [0.1, 0.15) is 5.75 Å². The molecule has 0 amide bonds. The average molecular weight is 396 g/mol. The molecule has 0 atom stereocenters. The first-order chi connectivity index (χ1) is 13.6. The van der Waals surface area contributed by atoms with E-state index < -0.39 is 5.97 Å². The van der Waals surface area contributed by atoms with Crippen molar-refractivity contribution in [2.75, 3.05) is 13.2 Å². The van der Waals surface area contributed by atoms with Gasteiger partial charge in [-0.2, -0.15) is 14.9 Å². The van der Waals surface area contributed by atoms with Crippen LogP contribution in [0.25, 0.3) is 11.4 Å². The van der Waals surface area contributed by atoms with E-state index in [9.17, 15) is 4.79 Å². The Morgan fingerprint density at radius 1 is 1.21 bits per heavy atom. The van der Waals surface area contributed by atoms with Crippen molar-refractivity contribution in [1.29, 1.82) is 0 Å². The van der Waals surface area contributed by atoms with Crippen LogP contribution in [0.5, 0.6) is 5.75 Å². The molecule has 7 nitrogen and oxygen atoms in total. The van der Waals surface area contributed by atoms with Crippen LogP contribution in [0, 0.1) is 11.7 Å². The molecule has 0 saturated heterocycles. The van der Waals surface area contributed by atoms with Crippen LogP contribution in [0.3, 0.4) is 0 Å². The zero-order valence-electron chi connectivity index (χ0n) is 15.6. The number of H-pyrrole nitrogens is 1. The summed E-state index contributed by atoms with van der Waals surface area (Å²) < 4.78 is 12.2. The Kier molecular flexibility index (Phi) is 6.33. The van der Waals surface area contributed by atoms with Crippen LogP contribution in [-0.4, -0.2) is 40.3 Å². The fourth-order valence-corrected chi connectivity index (χ4v) is 2.59. The van der Waals surface area contributed by atoms with E-state index in [1.165, 1.54) is 0 Å². The molecule has 0 aliphatic carbocycles. The Hall–Kier alpha value is -3.26. The summed E-state index contributed by atoms with van der Waals surface area (Å²) in [6, 6.07) is 15.2. The highest BCUT2D eigenvalue weighted by Crippen LogP contribution is 2.18. The van der Waals surface area contributed by atoms with Crippen molar-refractivity contribution in [3.05, 3.63) is 64.4 Å². The lowest BCUT2D eigenvalue weighted by Gasteiger charge is -2.05. The lowest BCUT2D eigenvalue weighted by Crippen LogP contribution is -2.14. The van der Waals surface area contributed by atoms with Crippen molar-refractivity contribution in [3.8, 4) is 17.1 Å². The van der Waals surface area contributed by atoms with Gasteiger partial charge >= 0.3 is 5.97 Å². The van der Waals surface area contributed by atoms with Gasteiger partial charge in [0.15, 0.2) is 12.4 Å². The van der Waals surface area contributed by atoms with Gasteiger partial charge in [-0.05, 0) is 55.9 Å². The number of carbonyl (C=O) groups is 1. The predicted octanol–water partition coefficient (Wildman–Crippen LogP) is 3.74. The van der Waals surface area contributed by atoms with E-state index in [-0.39, 0.29) is 6.61 Å². The van der Waals surface area contributed by atoms with Crippen molar-refractivity contribution in [2.45, 2.75) is 13.8 Å². The molecule has 3 aromatic rings. The first-order valence-electron chi connectivity index (χ1n) is 8.74. The van der Waals surface area contributed by atoms with Crippen molar-refractivity contribution in [3.63, 3.8) is 0 Å². The molecule has 0 spiro atoms. The van der Waals surface area contributed by atoms with Crippen LogP contribution in [0.4, 0.5) is 0 Å². The SMILES string of the molecule is CCOC(=O)COc1ccc(/C=N\n2c(-c3ccc(C)cc3)n[nH]c2=S)cc1. The largest absolute Gasteiger partial charge is 0.482 e. The molecule has 0 aliphatic heterocycles. The minimum atomic E-state index is -0.397. The van der Waals surface area contributed by atoms with Gasteiger partial charge in [0.2, 0.25) is 4.77 Å². The number of aromatic amines is 1. The molecule has 0 bridgehead atoms. The lowest BCUT2D eigenvalue weighted by molar-refractivity contribution is -0.145. The number of aryl methyl sites for hydroxylation is 1. The molecule has 144 valence electrons. The van der Waals surface area contributed by atoms with Crippen LogP contribution in [0.15, 0.2) is 53.6 Å². The van der Waals surface area contributed by atoms with E-state index in [1.807, 2.05) is 43.3 Å². The Balaban J connectivity index is 1.72. The lowest BCUT2D eigenvalue weighted by atomic mass is 10.1. The molecule has 0 radical (unpaired) electrons. The fourth-order valence-electron chi connectivity index (χ4n) is 2.41. The third-order valence-corrected chi connectivity index (χ3v) is 4.09. The van der Waals surface area contributed by atoms with Crippen LogP contribution in [0.2, 0.25) is 0 Å². The first-order valence-corrected chi connectivity index (χ1v) is 9.15. The second-order valence-electron chi connectivity index (χ2n) is 5.94. The molecule has 3 rings (SSSR count). The van der Waals surface area contributed by atoms with E-state index in [0.29, 0.717) is 23.0 Å². The van der Waals surface area contributed by atoms with Crippen LogP contribution in [0.1, 0.15) is 18.1 Å². The van der Waals surface area contributed by atoms with Gasteiger partial charge in [-0.3, -0.25) is 0 Å². The maximum Gasteiger partial charge on any atom is 0.344 e. The topological polar surface area (TPSA) is 81.5 Å². The van der Waals surface area contributed by atoms with Gasteiger partial charge in [-0.25, -0.2) is 9.89 Å². The normalized spacial score (nSPS) is 10.9. The Bertz CT molecular complexity index is 1020. The molecular weight excluding hydrogens is 376 g/mol. The number of rotatable bonds is 7. The van der Waals surface area contributed by atoms with Gasteiger partial charge in [0, 0.05) is 5.56 Å². The zero-order chi connectivity index (χ0) is 19.9. The number of nitrogens with zero attached hydrogens (tertiary/aromatic N) is 3. The third-order valence-electron chi connectivity index (χ3n) is 3.82. The number of nitrogens with one attached hydrogen (secondary N) is 1. The summed E-state index contributed by atoms with van der Waals surface area (Å²) in [5, 5.41) is 11.5. The van der Waals surface area contributed by atoms with Gasteiger partial charge in [-0.15, -0.1) is 0 Å². The molecule has 1 heterocycles. The highest BCUT2D eigenvalue weighted by Gasteiger charge is 2.08. The second-order valence-corrected chi connectivity index (χ2v) is 6.32. The summed E-state index contributed by atoms with van der Waals surface area (Å²) in [5.74, 6) is 0.812. The number of hydrogen-bond acceptors (Lipinski definition) is 6. The van der Waals surface area contributed by atoms with E-state index in [0.717, 1.165) is 16.7 Å². The van der Waals surface area contributed by atoms with Gasteiger partial charge in [0.05, 0.1) is 12.8 Å². The molecule has 0 unspecified atom stereocenters. The molecule has 0 saturated carbocycles. The highest BCUT2D eigenvalue weighted by molar-refractivity contribution is 7.71. The zero-order valence-corrected chi connectivity index (χ0v) is 16.4. The molecule has 8 heteroatoms. The third kappa shape index (κ3) is 4.92. The molecular formula is C20H20N4O3S. The minimum Gasteiger partial charge on any atom is -0.482 e. The summed E-state index contributed by atoms with van der Waals surface area (Å²) in [6.45, 7) is 3.99. The van der Waals surface area contributed by atoms with E-state index in [4.69, 9.17) is 21.7 Å².